The third-order valence-corrected chi connectivity index (χ3v) is 4.77. The van der Waals surface area contributed by atoms with Gasteiger partial charge in [-0.25, -0.2) is 8.78 Å². The number of nitrogens with zero attached hydrogens (tertiary/aromatic N) is 1. The zero-order valence-corrected chi connectivity index (χ0v) is 15.5. The van der Waals surface area contributed by atoms with Crippen LogP contribution in [-0.2, 0) is 17.8 Å². The first-order chi connectivity index (χ1) is 13.5. The lowest BCUT2D eigenvalue weighted by molar-refractivity contribution is -0.120. The molecular weight excluding hydrogens is 364 g/mol. The van der Waals surface area contributed by atoms with Crippen molar-refractivity contribution in [1.29, 1.82) is 0 Å². The van der Waals surface area contributed by atoms with Crippen LogP contribution in [0.4, 0.5) is 8.78 Å². The highest BCUT2D eigenvalue weighted by molar-refractivity contribution is 5.96. The van der Waals surface area contributed by atoms with E-state index in [1.807, 2.05) is 0 Å². The molecule has 1 heterocycles. The number of rotatable bonds is 7. The van der Waals surface area contributed by atoms with Crippen LogP contribution in [0.3, 0.4) is 0 Å². The Morgan fingerprint density at radius 2 is 1.79 bits per heavy atom. The molecule has 28 heavy (non-hydrogen) atoms. The van der Waals surface area contributed by atoms with E-state index in [1.165, 1.54) is 17.2 Å². The van der Waals surface area contributed by atoms with Gasteiger partial charge in [-0.2, -0.15) is 0 Å². The summed E-state index contributed by atoms with van der Waals surface area (Å²) >= 11 is 0. The number of carbonyl (C=O) groups excluding carboxylic acids is 2. The lowest BCUT2D eigenvalue weighted by Crippen LogP contribution is -2.38. The van der Waals surface area contributed by atoms with E-state index in [1.54, 1.807) is 0 Å². The van der Waals surface area contributed by atoms with Gasteiger partial charge in [0, 0.05) is 31.7 Å². The van der Waals surface area contributed by atoms with Crippen LogP contribution in [0.25, 0.3) is 0 Å². The topological polar surface area (TPSA) is 61.4 Å². The molecule has 0 aromatic heterocycles. The van der Waals surface area contributed by atoms with Gasteiger partial charge in [-0.3, -0.25) is 14.5 Å². The molecule has 3 rings (SSSR count). The number of nitrogens with one attached hydrogen (secondary N) is 2. The van der Waals surface area contributed by atoms with Crippen LogP contribution < -0.4 is 10.6 Å². The van der Waals surface area contributed by atoms with Crippen molar-refractivity contribution in [2.75, 3.05) is 26.2 Å². The number of carbonyl (C=O) groups is 2. The first-order valence-corrected chi connectivity index (χ1v) is 9.32. The maximum atomic E-state index is 13.1. The van der Waals surface area contributed by atoms with Crippen molar-refractivity contribution in [3.05, 3.63) is 70.8 Å². The van der Waals surface area contributed by atoms with Crippen molar-refractivity contribution in [3.63, 3.8) is 0 Å². The lowest BCUT2D eigenvalue weighted by Gasteiger charge is -2.28. The minimum Gasteiger partial charge on any atom is -0.355 e. The summed E-state index contributed by atoms with van der Waals surface area (Å²) in [6.07, 6.45) is 1.85. The van der Waals surface area contributed by atoms with E-state index in [9.17, 15) is 18.4 Å². The summed E-state index contributed by atoms with van der Waals surface area (Å²) in [5, 5.41) is 5.15. The Hall–Kier alpha value is -2.80. The molecule has 2 aromatic rings. The molecule has 5 nitrogen and oxygen atoms in total. The molecule has 0 fully saturated rings. The standard InChI is InChI=1S/C21H23F2N3O2/c22-18-7-6-16(12-19(18)23)21(28)25-13-20(27)24-9-3-10-26-11-8-15-4-1-2-5-17(15)14-26/h1-2,4-7,12H,3,8-11,13-14H2,(H,24,27)(H,25,28). The van der Waals surface area contributed by atoms with Gasteiger partial charge in [-0.15, -0.1) is 0 Å². The molecule has 0 saturated heterocycles. The van der Waals surface area contributed by atoms with Crippen LogP contribution in [0.15, 0.2) is 42.5 Å². The summed E-state index contributed by atoms with van der Waals surface area (Å²) in [6.45, 7) is 3.12. The molecule has 0 bridgehead atoms. The summed E-state index contributed by atoms with van der Waals surface area (Å²) in [5.41, 5.74) is 2.73. The van der Waals surface area contributed by atoms with E-state index in [2.05, 4.69) is 39.8 Å². The molecule has 0 saturated carbocycles. The second kappa shape index (κ2) is 9.41. The quantitative estimate of drug-likeness (QED) is 0.717. The Labute approximate surface area is 162 Å². The zero-order valence-electron chi connectivity index (χ0n) is 15.5. The first-order valence-electron chi connectivity index (χ1n) is 9.32. The maximum absolute atomic E-state index is 13.1. The SMILES string of the molecule is O=C(CNC(=O)c1ccc(F)c(F)c1)NCCCN1CCc2ccccc2C1. The summed E-state index contributed by atoms with van der Waals surface area (Å²) in [4.78, 5) is 26.1. The molecule has 7 heteroatoms. The van der Waals surface area contributed by atoms with Crippen LogP contribution in [0.5, 0.6) is 0 Å². The van der Waals surface area contributed by atoms with Crippen molar-refractivity contribution in [3.8, 4) is 0 Å². The number of halogens is 2. The monoisotopic (exact) mass is 387 g/mol. The molecule has 2 N–H and O–H groups in total. The fourth-order valence-electron chi connectivity index (χ4n) is 3.24. The average molecular weight is 387 g/mol. The Balaban J connectivity index is 1.33. The van der Waals surface area contributed by atoms with Crippen molar-refractivity contribution < 1.29 is 18.4 Å². The Morgan fingerprint density at radius 1 is 1.00 bits per heavy atom. The third kappa shape index (κ3) is 5.36. The highest BCUT2D eigenvalue weighted by atomic mass is 19.2. The van der Waals surface area contributed by atoms with Crippen molar-refractivity contribution in [2.24, 2.45) is 0 Å². The van der Waals surface area contributed by atoms with E-state index in [0.717, 1.165) is 44.6 Å². The van der Waals surface area contributed by atoms with E-state index in [0.29, 0.717) is 6.54 Å². The Morgan fingerprint density at radius 3 is 2.57 bits per heavy atom. The molecular formula is C21H23F2N3O2. The summed E-state index contributed by atoms with van der Waals surface area (Å²) in [7, 11) is 0. The van der Waals surface area contributed by atoms with Gasteiger partial charge in [-0.05, 0) is 42.2 Å². The third-order valence-electron chi connectivity index (χ3n) is 4.77. The van der Waals surface area contributed by atoms with E-state index in [-0.39, 0.29) is 18.0 Å². The van der Waals surface area contributed by atoms with Crippen molar-refractivity contribution >= 4 is 11.8 Å². The van der Waals surface area contributed by atoms with Crippen LogP contribution in [-0.4, -0.2) is 42.9 Å². The van der Waals surface area contributed by atoms with Crippen molar-refractivity contribution in [1.82, 2.24) is 15.5 Å². The molecule has 2 amide bonds. The van der Waals surface area contributed by atoms with Crippen molar-refractivity contribution in [2.45, 2.75) is 19.4 Å². The average Bonchev–Trinajstić information content (AvgIpc) is 2.71. The number of fused-ring (bicyclic) bond motifs is 1. The number of hydrogen-bond donors (Lipinski definition) is 2. The van der Waals surface area contributed by atoms with E-state index in [4.69, 9.17) is 0 Å². The second-order valence-electron chi connectivity index (χ2n) is 6.81. The van der Waals surface area contributed by atoms with Crippen LogP contribution in [0, 0.1) is 11.6 Å². The normalized spacial score (nSPS) is 13.6. The van der Waals surface area contributed by atoms with Gasteiger partial charge in [0.1, 0.15) is 0 Å². The minimum atomic E-state index is -1.10. The largest absolute Gasteiger partial charge is 0.355 e. The van der Waals surface area contributed by atoms with Crippen LogP contribution in [0.2, 0.25) is 0 Å². The highest BCUT2D eigenvalue weighted by Crippen LogP contribution is 2.18. The van der Waals surface area contributed by atoms with Gasteiger partial charge in [0.05, 0.1) is 6.54 Å². The lowest BCUT2D eigenvalue weighted by atomic mass is 10.00. The molecule has 1 aliphatic heterocycles. The number of hydrogen-bond acceptors (Lipinski definition) is 3. The first kappa shape index (κ1) is 19.9. The molecule has 148 valence electrons. The predicted molar refractivity (Wildman–Crippen MR) is 102 cm³/mol. The molecule has 0 radical (unpaired) electrons. The molecule has 0 atom stereocenters. The number of benzene rings is 2. The highest BCUT2D eigenvalue weighted by Gasteiger charge is 2.15. The van der Waals surface area contributed by atoms with Crippen LogP contribution >= 0.6 is 0 Å². The summed E-state index contributed by atoms with van der Waals surface area (Å²) in [6, 6.07) is 11.3. The molecule has 0 aliphatic carbocycles. The zero-order chi connectivity index (χ0) is 19.9. The van der Waals surface area contributed by atoms with Gasteiger partial charge >= 0.3 is 0 Å². The van der Waals surface area contributed by atoms with E-state index < -0.39 is 17.5 Å². The Kier molecular flexibility index (Phi) is 6.71. The number of amides is 2. The molecule has 0 unspecified atom stereocenters. The van der Waals surface area contributed by atoms with Gasteiger partial charge in [0.25, 0.3) is 5.91 Å². The van der Waals surface area contributed by atoms with Gasteiger partial charge in [0.2, 0.25) is 5.91 Å². The van der Waals surface area contributed by atoms with Gasteiger partial charge in [-0.1, -0.05) is 24.3 Å². The molecule has 2 aromatic carbocycles. The second-order valence-corrected chi connectivity index (χ2v) is 6.81. The van der Waals surface area contributed by atoms with Gasteiger partial charge < -0.3 is 10.6 Å². The molecule has 0 spiro atoms. The maximum Gasteiger partial charge on any atom is 0.251 e. The fourth-order valence-corrected chi connectivity index (χ4v) is 3.24. The van der Waals surface area contributed by atoms with E-state index >= 15 is 0 Å². The smallest absolute Gasteiger partial charge is 0.251 e. The summed E-state index contributed by atoms with van der Waals surface area (Å²) < 4.78 is 26.0. The molecule has 1 aliphatic rings. The predicted octanol–water partition coefficient (Wildman–Crippen LogP) is 2.26. The van der Waals surface area contributed by atoms with Gasteiger partial charge in [0.15, 0.2) is 11.6 Å². The summed E-state index contributed by atoms with van der Waals surface area (Å²) in [5.74, 6) is -3.06. The minimum absolute atomic E-state index is 0.0305. The Bertz CT molecular complexity index is 857. The fraction of sp³-hybridized carbons (Fsp3) is 0.333. The van der Waals surface area contributed by atoms with Crippen LogP contribution in [0.1, 0.15) is 27.9 Å².